The Morgan fingerprint density at radius 1 is 1.17 bits per heavy atom. The Kier molecular flexibility index (Phi) is 4.11. The lowest BCUT2D eigenvalue weighted by Crippen LogP contribution is -2.06. The first kappa shape index (κ1) is 13.2. The van der Waals surface area contributed by atoms with Crippen molar-refractivity contribution in [1.29, 1.82) is 0 Å². The molecule has 2 aromatic carbocycles. The molecule has 1 nitrogen and oxygen atoms in total. The highest BCUT2D eigenvalue weighted by Crippen LogP contribution is 2.14. The van der Waals surface area contributed by atoms with Crippen molar-refractivity contribution in [3.05, 3.63) is 68.5 Å². The minimum absolute atomic E-state index is 0.0220. The fourth-order valence-corrected chi connectivity index (χ4v) is 2.18. The summed E-state index contributed by atoms with van der Waals surface area (Å²) < 4.78 is 14.1. The number of rotatable bonds is 3. The van der Waals surface area contributed by atoms with Crippen LogP contribution in [-0.2, 0) is 6.42 Å². The number of aryl methyl sites for hydroxylation is 1. The molecule has 0 saturated carbocycles. The summed E-state index contributed by atoms with van der Waals surface area (Å²) >= 11 is 2.22. The van der Waals surface area contributed by atoms with E-state index in [1.165, 1.54) is 12.1 Å². The molecule has 0 aliphatic carbocycles. The van der Waals surface area contributed by atoms with Gasteiger partial charge >= 0.3 is 0 Å². The second-order valence-corrected chi connectivity index (χ2v) is 5.43. The average Bonchev–Trinajstić information content (AvgIpc) is 2.32. The van der Waals surface area contributed by atoms with E-state index in [1.807, 2.05) is 24.3 Å². The molecular formula is C15H12FIO. The van der Waals surface area contributed by atoms with Gasteiger partial charge in [-0.2, -0.15) is 0 Å². The van der Waals surface area contributed by atoms with Crippen molar-refractivity contribution < 1.29 is 9.18 Å². The van der Waals surface area contributed by atoms with Gasteiger partial charge in [-0.3, -0.25) is 4.79 Å². The molecular weight excluding hydrogens is 342 g/mol. The highest BCUT2D eigenvalue weighted by atomic mass is 127. The van der Waals surface area contributed by atoms with Crippen LogP contribution in [0, 0.1) is 16.3 Å². The zero-order valence-electron chi connectivity index (χ0n) is 9.91. The van der Waals surface area contributed by atoms with Gasteiger partial charge in [0.2, 0.25) is 0 Å². The lowest BCUT2D eigenvalue weighted by molar-refractivity contribution is 0.0992. The molecule has 0 spiro atoms. The number of carbonyl (C=O) groups is 1. The van der Waals surface area contributed by atoms with Crippen molar-refractivity contribution in [3.63, 3.8) is 0 Å². The van der Waals surface area contributed by atoms with E-state index in [0.717, 1.165) is 9.13 Å². The zero-order chi connectivity index (χ0) is 13.1. The summed E-state index contributed by atoms with van der Waals surface area (Å²) in [7, 11) is 0. The molecule has 0 unspecified atom stereocenters. The molecule has 0 heterocycles. The van der Waals surface area contributed by atoms with Gasteiger partial charge in [-0.1, -0.05) is 12.1 Å². The molecule has 92 valence electrons. The quantitative estimate of drug-likeness (QED) is 0.598. The number of Topliss-reactive ketones (excluding diaryl/α,β-unsaturated/α-hetero) is 1. The minimum atomic E-state index is -0.307. The molecule has 0 atom stereocenters. The summed E-state index contributed by atoms with van der Waals surface area (Å²) in [6.07, 6.45) is 0.351. The normalized spacial score (nSPS) is 10.4. The van der Waals surface area contributed by atoms with Gasteiger partial charge in [0.05, 0.1) is 0 Å². The van der Waals surface area contributed by atoms with Gasteiger partial charge in [-0.25, -0.2) is 4.39 Å². The summed E-state index contributed by atoms with van der Waals surface area (Å²) in [6.45, 7) is 1.75. The summed E-state index contributed by atoms with van der Waals surface area (Å²) in [6, 6.07) is 12.1. The van der Waals surface area contributed by atoms with E-state index in [9.17, 15) is 9.18 Å². The van der Waals surface area contributed by atoms with Gasteiger partial charge in [0.1, 0.15) is 5.82 Å². The largest absolute Gasteiger partial charge is 0.294 e. The van der Waals surface area contributed by atoms with Gasteiger partial charge in [0.25, 0.3) is 0 Å². The number of hydrogen-bond acceptors (Lipinski definition) is 1. The fraction of sp³-hybridized carbons (Fsp3) is 0.133. The van der Waals surface area contributed by atoms with Crippen molar-refractivity contribution in [1.82, 2.24) is 0 Å². The van der Waals surface area contributed by atoms with Gasteiger partial charge in [-0.05, 0) is 71.0 Å². The van der Waals surface area contributed by atoms with Crippen LogP contribution in [0.3, 0.4) is 0 Å². The Morgan fingerprint density at radius 3 is 2.44 bits per heavy atom. The second kappa shape index (κ2) is 5.61. The van der Waals surface area contributed by atoms with Crippen molar-refractivity contribution in [2.45, 2.75) is 13.3 Å². The third kappa shape index (κ3) is 3.16. The van der Waals surface area contributed by atoms with Crippen molar-refractivity contribution in [2.75, 3.05) is 0 Å². The Hall–Kier alpha value is -1.23. The second-order valence-electron chi connectivity index (χ2n) is 4.19. The van der Waals surface area contributed by atoms with Crippen LogP contribution in [-0.4, -0.2) is 5.78 Å². The average molecular weight is 354 g/mol. The minimum Gasteiger partial charge on any atom is -0.294 e. The zero-order valence-corrected chi connectivity index (χ0v) is 12.1. The van der Waals surface area contributed by atoms with Crippen LogP contribution in [0.2, 0.25) is 0 Å². The molecule has 0 bridgehead atoms. The molecule has 0 aliphatic rings. The summed E-state index contributed by atoms with van der Waals surface area (Å²) in [4.78, 5) is 12.1. The highest BCUT2D eigenvalue weighted by molar-refractivity contribution is 14.1. The standard InChI is InChI=1S/C15H12FIO/c1-10-8-12(16)4-7-14(10)15(18)9-11-2-5-13(17)6-3-11/h2-8H,9H2,1H3. The number of ketones is 1. The number of benzene rings is 2. The number of hydrogen-bond donors (Lipinski definition) is 0. The van der Waals surface area contributed by atoms with E-state index >= 15 is 0 Å². The first-order chi connectivity index (χ1) is 8.56. The molecule has 0 N–H and O–H groups in total. The Balaban J connectivity index is 2.19. The molecule has 18 heavy (non-hydrogen) atoms. The van der Waals surface area contributed by atoms with Crippen molar-refractivity contribution in [2.24, 2.45) is 0 Å². The maximum atomic E-state index is 13.0. The Bertz CT molecular complexity index is 576. The van der Waals surface area contributed by atoms with E-state index in [2.05, 4.69) is 22.6 Å². The van der Waals surface area contributed by atoms with Crippen LogP contribution in [0.4, 0.5) is 4.39 Å². The molecule has 0 fully saturated rings. The summed E-state index contributed by atoms with van der Waals surface area (Å²) in [5.74, 6) is -0.285. The predicted molar refractivity (Wildman–Crippen MR) is 78.3 cm³/mol. The first-order valence-electron chi connectivity index (χ1n) is 5.60. The number of halogens is 2. The van der Waals surface area contributed by atoms with E-state index in [0.29, 0.717) is 17.5 Å². The monoisotopic (exact) mass is 354 g/mol. The van der Waals surface area contributed by atoms with E-state index < -0.39 is 0 Å². The van der Waals surface area contributed by atoms with E-state index in [-0.39, 0.29) is 11.6 Å². The summed E-state index contributed by atoms with van der Waals surface area (Å²) in [5, 5.41) is 0. The van der Waals surface area contributed by atoms with Crippen LogP contribution >= 0.6 is 22.6 Å². The van der Waals surface area contributed by atoms with Crippen LogP contribution in [0.5, 0.6) is 0 Å². The Morgan fingerprint density at radius 2 is 1.83 bits per heavy atom. The third-order valence-corrected chi connectivity index (χ3v) is 3.49. The van der Waals surface area contributed by atoms with E-state index in [4.69, 9.17) is 0 Å². The van der Waals surface area contributed by atoms with Crippen LogP contribution in [0.1, 0.15) is 21.5 Å². The molecule has 0 radical (unpaired) electrons. The lowest BCUT2D eigenvalue weighted by atomic mass is 9.99. The van der Waals surface area contributed by atoms with Gasteiger partial charge in [0, 0.05) is 15.6 Å². The van der Waals surface area contributed by atoms with Gasteiger partial charge in [0.15, 0.2) is 5.78 Å². The summed E-state index contributed by atoms with van der Waals surface area (Å²) in [5.41, 5.74) is 2.25. The number of carbonyl (C=O) groups excluding carboxylic acids is 1. The SMILES string of the molecule is Cc1cc(F)ccc1C(=O)Cc1ccc(I)cc1. The van der Waals surface area contributed by atoms with Gasteiger partial charge in [-0.15, -0.1) is 0 Å². The molecule has 2 rings (SSSR count). The van der Waals surface area contributed by atoms with Crippen molar-refractivity contribution in [3.8, 4) is 0 Å². The van der Waals surface area contributed by atoms with Crippen LogP contribution in [0.25, 0.3) is 0 Å². The third-order valence-electron chi connectivity index (χ3n) is 2.77. The Labute approximate surface area is 119 Å². The van der Waals surface area contributed by atoms with Crippen molar-refractivity contribution >= 4 is 28.4 Å². The lowest BCUT2D eigenvalue weighted by Gasteiger charge is -2.05. The molecule has 3 heteroatoms. The molecule has 0 amide bonds. The van der Waals surface area contributed by atoms with Crippen LogP contribution in [0.15, 0.2) is 42.5 Å². The van der Waals surface area contributed by atoms with Crippen LogP contribution < -0.4 is 0 Å². The van der Waals surface area contributed by atoms with Gasteiger partial charge < -0.3 is 0 Å². The fourth-order valence-electron chi connectivity index (χ4n) is 1.82. The molecule has 0 aromatic heterocycles. The van der Waals surface area contributed by atoms with E-state index in [1.54, 1.807) is 13.0 Å². The first-order valence-corrected chi connectivity index (χ1v) is 6.68. The molecule has 0 aliphatic heterocycles. The topological polar surface area (TPSA) is 17.1 Å². The smallest absolute Gasteiger partial charge is 0.167 e. The maximum Gasteiger partial charge on any atom is 0.167 e. The maximum absolute atomic E-state index is 13.0. The molecule has 2 aromatic rings. The molecule has 0 saturated heterocycles. The highest BCUT2D eigenvalue weighted by Gasteiger charge is 2.10. The predicted octanol–water partition coefficient (Wildman–Crippen LogP) is 4.16.